The second-order valence-corrected chi connectivity index (χ2v) is 13.1. The average molecular weight is 738 g/mol. The fourth-order valence-corrected chi connectivity index (χ4v) is 6.61. The van der Waals surface area contributed by atoms with E-state index in [4.69, 9.17) is 18.7 Å². The van der Waals surface area contributed by atoms with Crippen LogP contribution in [0.5, 0.6) is 17.2 Å². The van der Waals surface area contributed by atoms with Crippen LogP contribution in [0.15, 0.2) is 83.4 Å². The molecular weight excluding hydrogens is 690 g/mol. The highest BCUT2D eigenvalue weighted by molar-refractivity contribution is 6.01. The van der Waals surface area contributed by atoms with Crippen LogP contribution in [0, 0.1) is 0 Å². The number of nitrogens with zero attached hydrogens (tertiary/aromatic N) is 1. The first-order valence-corrected chi connectivity index (χ1v) is 18.2. The van der Waals surface area contributed by atoms with Crippen molar-refractivity contribution in [2.24, 2.45) is 0 Å². The van der Waals surface area contributed by atoms with E-state index in [-0.39, 0.29) is 32.3 Å². The van der Waals surface area contributed by atoms with Crippen molar-refractivity contribution < 1.29 is 44.0 Å². The largest absolute Gasteiger partial charge is 0.493 e. The van der Waals surface area contributed by atoms with Gasteiger partial charge in [-0.3, -0.25) is 4.79 Å². The molecule has 12 nitrogen and oxygen atoms in total. The zero-order valence-corrected chi connectivity index (χ0v) is 30.3. The maximum Gasteiger partial charge on any atom is 0.255 e. The number of methoxy groups -OCH3 is 1. The molecule has 0 radical (unpaired) electrons. The third-order valence-electron chi connectivity index (χ3n) is 9.58. The van der Waals surface area contributed by atoms with Crippen molar-refractivity contribution in [3.8, 4) is 39.8 Å². The lowest BCUT2D eigenvalue weighted by atomic mass is 9.97. The van der Waals surface area contributed by atoms with Gasteiger partial charge < -0.3 is 49.8 Å². The summed E-state index contributed by atoms with van der Waals surface area (Å²) < 4.78 is 23.3. The molecule has 1 aromatic heterocycles. The number of rotatable bonds is 19. The number of amides is 1. The highest BCUT2D eigenvalue weighted by atomic mass is 16.5. The Hall–Kier alpha value is -5.40. The van der Waals surface area contributed by atoms with Crippen molar-refractivity contribution in [1.82, 2.24) is 10.5 Å². The molecular formula is C42H47N3O9. The van der Waals surface area contributed by atoms with Gasteiger partial charge in [0.2, 0.25) is 0 Å². The van der Waals surface area contributed by atoms with Crippen LogP contribution in [-0.2, 0) is 26.4 Å². The number of aromatic nitrogens is 1. The van der Waals surface area contributed by atoms with Crippen LogP contribution in [0.25, 0.3) is 22.6 Å². The Morgan fingerprint density at radius 2 is 1.33 bits per heavy atom. The molecule has 1 unspecified atom stereocenters. The molecule has 0 saturated carbocycles. The first-order chi connectivity index (χ1) is 26.5. The van der Waals surface area contributed by atoms with Crippen LogP contribution in [-0.4, -0.2) is 51.8 Å². The van der Waals surface area contributed by atoms with E-state index in [1.165, 1.54) is 0 Å². The van der Waals surface area contributed by atoms with E-state index in [1.807, 2.05) is 54.6 Å². The number of unbranched alkanes of at least 4 members (excludes halogenated alkanes) is 5. The van der Waals surface area contributed by atoms with Gasteiger partial charge in [0.15, 0.2) is 17.3 Å². The Labute approximate surface area is 314 Å². The third kappa shape index (κ3) is 9.03. The number of hydrogen-bond acceptors (Lipinski definition) is 11. The second kappa shape index (κ2) is 18.6. The van der Waals surface area contributed by atoms with Crippen LogP contribution < -0.4 is 24.8 Å². The number of benzene rings is 4. The van der Waals surface area contributed by atoms with E-state index in [0.717, 1.165) is 55.3 Å². The molecule has 1 aliphatic heterocycles. The molecule has 0 spiro atoms. The molecule has 0 fully saturated rings. The first kappa shape index (κ1) is 38.3. The zero-order valence-electron chi connectivity index (χ0n) is 30.3. The molecule has 0 aliphatic carbocycles. The van der Waals surface area contributed by atoms with Crippen LogP contribution in [0.1, 0.15) is 82.9 Å². The Morgan fingerprint density at radius 1 is 0.667 bits per heavy atom. The van der Waals surface area contributed by atoms with Crippen molar-refractivity contribution in [3.63, 3.8) is 0 Å². The number of carbonyl (C=O) groups excluding carboxylic acids is 1. The predicted octanol–water partition coefficient (Wildman–Crippen LogP) is 6.64. The lowest BCUT2D eigenvalue weighted by molar-refractivity contribution is 0.0935. The molecule has 5 aromatic rings. The monoisotopic (exact) mass is 737 g/mol. The lowest BCUT2D eigenvalue weighted by Crippen LogP contribution is -2.38. The van der Waals surface area contributed by atoms with Gasteiger partial charge in [-0.15, -0.1) is 0 Å². The van der Waals surface area contributed by atoms with E-state index in [2.05, 4.69) is 15.8 Å². The predicted molar refractivity (Wildman–Crippen MR) is 203 cm³/mol. The molecule has 4 aromatic carbocycles. The molecule has 6 rings (SSSR count). The topological polar surface area (TPSA) is 176 Å². The number of hydrogen-bond donors (Lipinski definition) is 6. The van der Waals surface area contributed by atoms with Crippen molar-refractivity contribution in [1.29, 1.82) is 0 Å². The number of nitrogens with one attached hydrogen (secondary N) is 2. The molecule has 1 atom stereocenters. The minimum absolute atomic E-state index is 0.139. The standard InChI is InChI=1S/C42H47N3O9/c1-51-38-15-12-27(39-22-36(45-54-39)29-19-30(23-46)34(26-49)31(20-29)24-47)21-40(38)53-17-9-5-3-2-4-8-16-52-37-14-13-28(18-32(37)25-48)41-43-35-11-7-6-10-33(35)42(50)44-41/h6-7,10-15,18-22,41,43,46-49H,2-5,8-9,16-17,23-26H2,1H3,(H,44,50). The molecule has 6 N–H and O–H groups in total. The highest BCUT2D eigenvalue weighted by Crippen LogP contribution is 2.35. The second-order valence-electron chi connectivity index (χ2n) is 13.1. The normalized spacial score (nSPS) is 13.6. The smallest absolute Gasteiger partial charge is 0.255 e. The zero-order chi connectivity index (χ0) is 37.9. The number of aliphatic hydroxyl groups is 4. The molecule has 0 bridgehead atoms. The van der Waals surface area contributed by atoms with Gasteiger partial charge in [0, 0.05) is 28.4 Å². The summed E-state index contributed by atoms with van der Waals surface area (Å²) in [5, 5.41) is 49.8. The number of ether oxygens (including phenoxy) is 3. The Morgan fingerprint density at radius 3 is 2.02 bits per heavy atom. The van der Waals surface area contributed by atoms with Crippen molar-refractivity contribution >= 4 is 11.6 Å². The van der Waals surface area contributed by atoms with Gasteiger partial charge in [-0.2, -0.15) is 0 Å². The molecule has 0 saturated heterocycles. The summed E-state index contributed by atoms with van der Waals surface area (Å²) in [5.74, 6) is 2.24. The minimum Gasteiger partial charge on any atom is -0.493 e. The van der Waals surface area contributed by atoms with E-state index >= 15 is 0 Å². The van der Waals surface area contributed by atoms with E-state index < -0.39 is 6.17 Å². The number of fused-ring (bicyclic) bond motifs is 1. The molecule has 1 aliphatic rings. The van der Waals surface area contributed by atoms with Gasteiger partial charge in [-0.1, -0.05) is 49.0 Å². The first-order valence-electron chi connectivity index (χ1n) is 18.2. The fraction of sp³-hybridized carbons (Fsp3) is 0.333. The summed E-state index contributed by atoms with van der Waals surface area (Å²) in [6, 6.07) is 23.8. The van der Waals surface area contributed by atoms with Gasteiger partial charge >= 0.3 is 0 Å². The molecule has 54 heavy (non-hydrogen) atoms. The Balaban J connectivity index is 0.923. The third-order valence-corrected chi connectivity index (χ3v) is 9.58. The SMILES string of the molecule is COc1ccc(-c2cc(-c3cc(CO)c(CO)c(CO)c3)no2)cc1OCCCCCCCCOc1ccc(C2NC(=O)c3ccccc3N2)cc1CO. The number of aliphatic hydroxyl groups excluding tert-OH is 4. The highest BCUT2D eigenvalue weighted by Gasteiger charge is 2.25. The maximum atomic E-state index is 12.6. The average Bonchev–Trinajstić information content (AvgIpc) is 3.71. The van der Waals surface area contributed by atoms with Gasteiger partial charge in [-0.05, 0) is 89.7 Å². The summed E-state index contributed by atoms with van der Waals surface area (Å²) in [6.45, 7) is 0.0691. The molecule has 1 amide bonds. The number of carbonyl (C=O) groups is 1. The number of anilines is 1. The Kier molecular flexibility index (Phi) is 13.2. The molecule has 12 heteroatoms. The van der Waals surface area contributed by atoms with E-state index in [1.54, 1.807) is 31.4 Å². The van der Waals surface area contributed by atoms with Gasteiger partial charge in [0.05, 0.1) is 52.3 Å². The molecule has 2 heterocycles. The van der Waals surface area contributed by atoms with Crippen molar-refractivity contribution in [2.75, 3.05) is 25.6 Å². The summed E-state index contributed by atoms with van der Waals surface area (Å²) in [6.07, 6.45) is 5.55. The number of para-hydroxylation sites is 1. The van der Waals surface area contributed by atoms with Crippen LogP contribution >= 0.6 is 0 Å². The van der Waals surface area contributed by atoms with Gasteiger partial charge in [0.1, 0.15) is 17.6 Å². The van der Waals surface area contributed by atoms with Crippen LogP contribution in [0.2, 0.25) is 0 Å². The van der Waals surface area contributed by atoms with Gasteiger partial charge in [0.25, 0.3) is 5.91 Å². The maximum absolute atomic E-state index is 12.6. The lowest BCUT2D eigenvalue weighted by Gasteiger charge is -2.28. The summed E-state index contributed by atoms with van der Waals surface area (Å²) in [5.41, 5.74) is 6.39. The van der Waals surface area contributed by atoms with Crippen LogP contribution in [0.4, 0.5) is 5.69 Å². The molecule has 284 valence electrons. The Bertz CT molecular complexity index is 2000. The summed E-state index contributed by atoms with van der Waals surface area (Å²) in [7, 11) is 1.60. The quantitative estimate of drug-likeness (QED) is 0.0501. The van der Waals surface area contributed by atoms with Crippen molar-refractivity contribution in [3.05, 3.63) is 112 Å². The van der Waals surface area contributed by atoms with Crippen LogP contribution in [0.3, 0.4) is 0 Å². The van der Waals surface area contributed by atoms with E-state index in [9.17, 15) is 25.2 Å². The summed E-state index contributed by atoms with van der Waals surface area (Å²) >= 11 is 0. The minimum atomic E-state index is -0.397. The van der Waals surface area contributed by atoms with Gasteiger partial charge in [-0.25, -0.2) is 0 Å². The van der Waals surface area contributed by atoms with E-state index in [0.29, 0.717) is 75.3 Å². The van der Waals surface area contributed by atoms with Crippen molar-refractivity contribution in [2.45, 2.75) is 71.1 Å². The fourth-order valence-electron chi connectivity index (χ4n) is 6.61. The summed E-state index contributed by atoms with van der Waals surface area (Å²) in [4.78, 5) is 12.6.